The fraction of sp³-hybridized carbons (Fsp3) is 0.591. The number of alkyl halides is 2. The number of nitrogens with zero attached hydrogens (tertiary/aromatic N) is 4. The second kappa shape index (κ2) is 20.1. The van der Waals surface area contributed by atoms with Crippen LogP contribution >= 0.6 is 0 Å². The number of hydrogen-bond acceptors (Lipinski definition) is 8. The van der Waals surface area contributed by atoms with Crippen LogP contribution in [0.4, 0.5) is 8.78 Å². The van der Waals surface area contributed by atoms with Gasteiger partial charge in [-0.2, -0.15) is 0 Å². The number of fused-ring (bicyclic) bond motifs is 1. The SMILES string of the molecule is Cc1ccc(CCCC(=O)NCC(=O)N[C@@H](CCCCN)C(=O)N2CCN(Cc3cccc4c3CN(C(=O)C[C@@H]3C[C@@H](C(=O)N5CC(F)(F)C[C@H]5C)NC3=O)C4)CC2)cc1. The first kappa shape index (κ1) is 44.6. The van der Waals surface area contributed by atoms with Crippen molar-refractivity contribution < 1.29 is 37.5 Å². The van der Waals surface area contributed by atoms with E-state index < -0.39 is 60.7 Å². The summed E-state index contributed by atoms with van der Waals surface area (Å²) in [4.78, 5) is 85.4. The molecule has 4 aliphatic heterocycles. The summed E-state index contributed by atoms with van der Waals surface area (Å²) in [6.45, 7) is 6.81. The lowest BCUT2D eigenvalue weighted by Crippen LogP contribution is -2.55. The van der Waals surface area contributed by atoms with Crippen molar-refractivity contribution in [3.63, 3.8) is 0 Å². The maximum Gasteiger partial charge on any atom is 0.267 e. The zero-order valence-corrected chi connectivity index (χ0v) is 34.9. The molecule has 0 aromatic heterocycles. The smallest absolute Gasteiger partial charge is 0.267 e. The molecule has 0 spiro atoms. The normalized spacial score (nSPS) is 21.7. The molecule has 0 bridgehead atoms. The summed E-state index contributed by atoms with van der Waals surface area (Å²) < 4.78 is 27.9. The summed E-state index contributed by atoms with van der Waals surface area (Å²) >= 11 is 0. The monoisotopic (exact) mass is 834 g/mol. The molecule has 0 radical (unpaired) electrons. The molecule has 4 heterocycles. The van der Waals surface area contributed by atoms with Crippen molar-refractivity contribution in [2.75, 3.05) is 45.8 Å². The lowest BCUT2D eigenvalue weighted by atomic mass is 9.99. The van der Waals surface area contributed by atoms with E-state index in [1.165, 1.54) is 5.56 Å². The molecule has 4 atom stereocenters. The predicted octanol–water partition coefficient (Wildman–Crippen LogP) is 2.39. The predicted molar refractivity (Wildman–Crippen MR) is 220 cm³/mol. The Morgan fingerprint density at radius 2 is 1.70 bits per heavy atom. The van der Waals surface area contributed by atoms with Crippen LogP contribution in [-0.4, -0.2) is 125 Å². The first-order chi connectivity index (χ1) is 28.7. The Kier molecular flexibility index (Phi) is 14.9. The molecule has 4 aliphatic rings. The average Bonchev–Trinajstić information content (AvgIpc) is 3.91. The first-order valence-electron chi connectivity index (χ1n) is 21.4. The Labute approximate surface area is 350 Å². The summed E-state index contributed by atoms with van der Waals surface area (Å²) in [5.74, 6) is -5.60. The zero-order chi connectivity index (χ0) is 43.0. The zero-order valence-electron chi connectivity index (χ0n) is 34.9. The van der Waals surface area contributed by atoms with Gasteiger partial charge in [0.25, 0.3) is 5.92 Å². The van der Waals surface area contributed by atoms with Gasteiger partial charge in [0.05, 0.1) is 13.1 Å². The third-order valence-electron chi connectivity index (χ3n) is 12.3. The Balaban J connectivity index is 0.945. The van der Waals surface area contributed by atoms with E-state index in [2.05, 4.69) is 33.0 Å². The van der Waals surface area contributed by atoms with Crippen LogP contribution < -0.4 is 21.7 Å². The van der Waals surface area contributed by atoms with Crippen LogP contribution in [0.15, 0.2) is 42.5 Å². The molecule has 6 amide bonds. The average molecular weight is 835 g/mol. The Morgan fingerprint density at radius 1 is 0.950 bits per heavy atom. The summed E-state index contributed by atoms with van der Waals surface area (Å²) in [6.07, 6.45) is 3.18. The summed E-state index contributed by atoms with van der Waals surface area (Å²) in [5.41, 5.74) is 11.2. The Hall–Kier alpha value is -4.96. The number of piperazine rings is 1. The number of rotatable bonds is 17. The highest BCUT2D eigenvalue weighted by molar-refractivity contribution is 5.94. The molecule has 5 N–H and O–H groups in total. The molecule has 0 aliphatic carbocycles. The first-order valence-corrected chi connectivity index (χ1v) is 21.4. The van der Waals surface area contributed by atoms with Crippen molar-refractivity contribution in [2.45, 2.75) is 115 Å². The van der Waals surface area contributed by atoms with Crippen LogP contribution in [-0.2, 0) is 54.8 Å². The molecule has 326 valence electrons. The van der Waals surface area contributed by atoms with E-state index in [4.69, 9.17) is 5.73 Å². The van der Waals surface area contributed by atoms with Crippen LogP contribution in [0.1, 0.15) is 86.1 Å². The molecule has 0 unspecified atom stereocenters. The molecule has 16 heteroatoms. The quantitative estimate of drug-likeness (QED) is 0.176. The molecule has 60 heavy (non-hydrogen) atoms. The number of benzene rings is 2. The molecule has 2 aromatic rings. The second-order valence-corrected chi connectivity index (χ2v) is 17.0. The topological polar surface area (TPSA) is 177 Å². The number of amides is 6. The molecular weight excluding hydrogens is 775 g/mol. The lowest BCUT2D eigenvalue weighted by molar-refractivity contribution is -0.138. The number of unbranched alkanes of at least 4 members (excludes halogenated alkanes) is 1. The standard InChI is InChI=1S/C44H60F2N8O6/c1-29-12-14-31(15-13-29)7-5-11-38(55)48-24-39(56)49-36(10-3-4-16-47)42(59)52-19-17-51(18-20-52)25-32-8-6-9-33-26-53(27-35(32)33)40(57)22-34-21-37(50-41(34)58)43(60)54-28-44(45,46)23-30(54)2/h6,8-9,12-15,30,34,36-37H,3-5,7,10-11,16-28,47H2,1-2H3,(H,48,55)(H,49,56)(H,50,58)/t30-,34+,36+,37+/m1/s1. The molecular formula is C44H60F2N8O6. The maximum atomic E-state index is 13.9. The van der Waals surface area contributed by atoms with Gasteiger partial charge in [-0.15, -0.1) is 0 Å². The van der Waals surface area contributed by atoms with Crippen molar-refractivity contribution in [3.8, 4) is 0 Å². The number of nitrogens with two attached hydrogens (primary N) is 1. The van der Waals surface area contributed by atoms with E-state index in [1.54, 1.807) is 16.7 Å². The Bertz CT molecular complexity index is 1890. The molecule has 2 aromatic carbocycles. The highest BCUT2D eigenvalue weighted by Gasteiger charge is 2.48. The highest BCUT2D eigenvalue weighted by atomic mass is 19.3. The van der Waals surface area contributed by atoms with E-state index in [0.717, 1.165) is 40.0 Å². The number of halogens is 2. The van der Waals surface area contributed by atoms with E-state index in [9.17, 15) is 37.5 Å². The molecule has 6 rings (SSSR count). The van der Waals surface area contributed by atoms with E-state index >= 15 is 0 Å². The highest BCUT2D eigenvalue weighted by Crippen LogP contribution is 2.34. The van der Waals surface area contributed by atoms with Crippen LogP contribution in [0.5, 0.6) is 0 Å². The molecule has 0 saturated carbocycles. The second-order valence-electron chi connectivity index (χ2n) is 17.0. The summed E-state index contributed by atoms with van der Waals surface area (Å²) in [6, 6.07) is 11.9. The van der Waals surface area contributed by atoms with Gasteiger partial charge in [-0.05, 0) is 81.2 Å². The van der Waals surface area contributed by atoms with Crippen LogP contribution in [0.25, 0.3) is 0 Å². The lowest BCUT2D eigenvalue weighted by Gasteiger charge is -2.37. The van der Waals surface area contributed by atoms with E-state index in [-0.39, 0.29) is 37.1 Å². The van der Waals surface area contributed by atoms with Crippen molar-refractivity contribution in [3.05, 3.63) is 70.3 Å². The minimum Gasteiger partial charge on any atom is -0.347 e. The van der Waals surface area contributed by atoms with Gasteiger partial charge in [-0.25, -0.2) is 8.78 Å². The van der Waals surface area contributed by atoms with Crippen LogP contribution in [0.3, 0.4) is 0 Å². The van der Waals surface area contributed by atoms with Crippen molar-refractivity contribution in [2.24, 2.45) is 11.7 Å². The van der Waals surface area contributed by atoms with Gasteiger partial charge in [-0.1, -0.05) is 48.0 Å². The fourth-order valence-corrected chi connectivity index (χ4v) is 8.80. The fourth-order valence-electron chi connectivity index (χ4n) is 8.80. The van der Waals surface area contributed by atoms with Crippen molar-refractivity contribution >= 4 is 35.4 Å². The van der Waals surface area contributed by atoms with Gasteiger partial charge in [0.2, 0.25) is 35.4 Å². The minimum absolute atomic E-state index is 0.0715. The van der Waals surface area contributed by atoms with Crippen molar-refractivity contribution in [1.82, 2.24) is 35.6 Å². The number of carbonyl (C=O) groups is 6. The maximum absolute atomic E-state index is 13.9. The van der Waals surface area contributed by atoms with Gasteiger partial charge in [0.15, 0.2) is 0 Å². The van der Waals surface area contributed by atoms with Crippen LogP contribution in [0.2, 0.25) is 0 Å². The number of nitrogens with one attached hydrogen (secondary N) is 3. The van der Waals surface area contributed by atoms with Gasteiger partial charge >= 0.3 is 0 Å². The molecule has 14 nitrogen and oxygen atoms in total. The third kappa shape index (κ3) is 11.6. The van der Waals surface area contributed by atoms with Gasteiger partial charge in [0, 0.05) is 77.0 Å². The number of aryl methyl sites for hydroxylation is 2. The van der Waals surface area contributed by atoms with Crippen molar-refractivity contribution in [1.29, 1.82) is 0 Å². The molecule has 3 saturated heterocycles. The molecule has 3 fully saturated rings. The number of likely N-dealkylation sites (tertiary alicyclic amines) is 1. The van der Waals surface area contributed by atoms with Gasteiger partial charge < -0.3 is 36.4 Å². The third-order valence-corrected chi connectivity index (χ3v) is 12.3. The van der Waals surface area contributed by atoms with Gasteiger partial charge in [-0.3, -0.25) is 33.7 Å². The van der Waals surface area contributed by atoms with Gasteiger partial charge in [0.1, 0.15) is 12.1 Å². The minimum atomic E-state index is -2.95. The largest absolute Gasteiger partial charge is 0.347 e. The van der Waals surface area contributed by atoms with E-state index in [1.807, 2.05) is 37.3 Å². The number of carbonyl (C=O) groups excluding carboxylic acids is 6. The Morgan fingerprint density at radius 3 is 2.40 bits per heavy atom. The summed E-state index contributed by atoms with van der Waals surface area (Å²) in [7, 11) is 0. The van der Waals surface area contributed by atoms with Crippen LogP contribution in [0, 0.1) is 12.8 Å². The summed E-state index contributed by atoms with van der Waals surface area (Å²) in [5, 5.41) is 8.19. The number of hydrogen-bond donors (Lipinski definition) is 4. The van der Waals surface area contributed by atoms with E-state index in [0.29, 0.717) is 78.0 Å².